The molecule has 0 fully saturated rings. The smallest absolute Gasteiger partial charge is 0.200 e. The Morgan fingerprint density at radius 2 is 1.54 bits per heavy atom. The summed E-state index contributed by atoms with van der Waals surface area (Å²) in [7, 11) is -4.24. The van der Waals surface area contributed by atoms with Gasteiger partial charge in [-0.15, -0.1) is 5.10 Å². The van der Waals surface area contributed by atoms with Crippen LogP contribution in [0.25, 0.3) is 11.3 Å². The molecule has 0 atom stereocenters. The quantitative estimate of drug-likeness (QED) is 0.551. The van der Waals surface area contributed by atoms with E-state index in [1.165, 1.54) is 36.4 Å². The van der Waals surface area contributed by atoms with Crippen LogP contribution < -0.4 is 4.83 Å². The van der Waals surface area contributed by atoms with Crippen molar-refractivity contribution in [2.75, 3.05) is 4.83 Å². The molecule has 0 amide bonds. The fourth-order valence-corrected chi connectivity index (χ4v) is 4.32. The maximum atomic E-state index is 13.2. The van der Waals surface area contributed by atoms with Gasteiger partial charge in [-0.2, -0.15) is 31.2 Å². The van der Waals surface area contributed by atoms with Crippen LogP contribution in [0.3, 0.4) is 0 Å². The van der Waals surface area contributed by atoms with Crippen LogP contribution in [0.15, 0.2) is 53.4 Å². The first-order chi connectivity index (χ1) is 13.0. The Hall–Kier alpha value is -1.94. The molecule has 5 nitrogen and oxygen atoms in total. The van der Waals surface area contributed by atoms with Crippen LogP contribution in [0.1, 0.15) is 5.69 Å². The van der Waals surface area contributed by atoms with Crippen molar-refractivity contribution in [2.45, 2.75) is 11.1 Å². The lowest BCUT2D eigenvalue weighted by molar-refractivity contribution is -0.141. The molecule has 2 aromatic carbocycles. The van der Waals surface area contributed by atoms with Gasteiger partial charge in [-0.1, -0.05) is 53.0 Å². The summed E-state index contributed by atoms with van der Waals surface area (Å²) < 4.78 is 64.6. The van der Waals surface area contributed by atoms with Crippen LogP contribution in [0.2, 0.25) is 15.1 Å². The summed E-state index contributed by atoms with van der Waals surface area (Å²) in [5.41, 5.74) is -1.70. The normalized spacial score (nSPS) is 12.2. The van der Waals surface area contributed by atoms with Gasteiger partial charge in [0, 0.05) is 10.6 Å². The highest BCUT2D eigenvalue weighted by Crippen LogP contribution is 2.39. The fourth-order valence-electron chi connectivity index (χ4n) is 2.32. The Balaban J connectivity index is 2.18. The maximum absolute atomic E-state index is 13.2. The van der Waals surface area contributed by atoms with Gasteiger partial charge in [0.2, 0.25) is 0 Å². The lowest BCUT2D eigenvalue weighted by Crippen LogP contribution is -2.25. The second-order valence-corrected chi connectivity index (χ2v) is 8.39. The van der Waals surface area contributed by atoms with Crippen LogP contribution in [0, 0.1) is 0 Å². The summed E-state index contributed by atoms with van der Waals surface area (Å²) in [4.78, 5) is 2.29. The summed E-state index contributed by atoms with van der Waals surface area (Å²) in [6.45, 7) is 0. The van der Waals surface area contributed by atoms with Crippen molar-refractivity contribution in [3.8, 4) is 11.3 Å². The summed E-state index contributed by atoms with van der Waals surface area (Å²) >= 11 is 18.0. The Kier molecular flexibility index (Phi) is 5.55. The predicted molar refractivity (Wildman–Crippen MR) is 101 cm³/mol. The molecule has 0 saturated carbocycles. The maximum Gasteiger partial charge on any atom is 0.435 e. The first kappa shape index (κ1) is 20.8. The summed E-state index contributed by atoms with van der Waals surface area (Å²) in [5, 5.41) is 3.33. The van der Waals surface area contributed by atoms with E-state index in [0.717, 1.165) is 0 Å². The number of nitrogens with one attached hydrogen (secondary N) is 1. The largest absolute Gasteiger partial charge is 0.435 e. The van der Waals surface area contributed by atoms with Gasteiger partial charge in [-0.3, -0.25) is 0 Å². The van der Waals surface area contributed by atoms with Crippen molar-refractivity contribution in [1.82, 2.24) is 9.89 Å². The predicted octanol–water partition coefficient (Wildman–Crippen LogP) is 5.46. The lowest BCUT2D eigenvalue weighted by Gasteiger charge is -2.13. The Morgan fingerprint density at radius 1 is 0.964 bits per heavy atom. The third-order valence-electron chi connectivity index (χ3n) is 3.52. The molecule has 3 aromatic rings. The molecule has 0 aliphatic heterocycles. The molecule has 0 aliphatic carbocycles. The molecule has 0 bridgehead atoms. The van der Waals surface area contributed by atoms with Crippen LogP contribution in [-0.2, 0) is 16.2 Å². The lowest BCUT2D eigenvalue weighted by atomic mass is 10.1. The summed E-state index contributed by atoms with van der Waals surface area (Å²) in [6, 6.07) is 10.2. The van der Waals surface area contributed by atoms with E-state index in [1.807, 2.05) is 4.83 Å². The van der Waals surface area contributed by atoms with Crippen molar-refractivity contribution < 1.29 is 21.6 Å². The number of hydrogen-bond acceptors (Lipinski definition) is 3. The van der Waals surface area contributed by atoms with Gasteiger partial charge in [0.05, 0.1) is 20.6 Å². The van der Waals surface area contributed by atoms with E-state index < -0.39 is 21.9 Å². The van der Waals surface area contributed by atoms with Crippen molar-refractivity contribution in [1.29, 1.82) is 0 Å². The third kappa shape index (κ3) is 4.22. The van der Waals surface area contributed by atoms with Crippen LogP contribution in [0.5, 0.6) is 0 Å². The second kappa shape index (κ2) is 7.47. The van der Waals surface area contributed by atoms with Crippen molar-refractivity contribution in [3.63, 3.8) is 0 Å². The average Bonchev–Trinajstić information content (AvgIpc) is 2.98. The van der Waals surface area contributed by atoms with Crippen molar-refractivity contribution in [3.05, 3.63) is 69.3 Å². The van der Waals surface area contributed by atoms with Crippen LogP contribution in [0.4, 0.5) is 13.2 Å². The monoisotopic (exact) mass is 469 g/mol. The number of halogens is 6. The van der Waals surface area contributed by atoms with Gasteiger partial charge in [0.25, 0.3) is 10.0 Å². The zero-order valence-electron chi connectivity index (χ0n) is 13.5. The molecule has 3 rings (SSSR count). The molecule has 0 unspecified atom stereocenters. The van der Waals surface area contributed by atoms with E-state index in [-0.39, 0.29) is 31.2 Å². The topological polar surface area (TPSA) is 64.0 Å². The molecule has 0 saturated heterocycles. The first-order valence-corrected chi connectivity index (χ1v) is 10.0. The average molecular weight is 471 g/mol. The molecule has 0 aliphatic rings. The Morgan fingerprint density at radius 3 is 2.07 bits per heavy atom. The number of hydrogen-bond donors (Lipinski definition) is 1. The molecule has 28 heavy (non-hydrogen) atoms. The fraction of sp³-hybridized carbons (Fsp3) is 0.0625. The first-order valence-electron chi connectivity index (χ1n) is 7.39. The van der Waals surface area contributed by atoms with Crippen LogP contribution >= 0.6 is 34.8 Å². The van der Waals surface area contributed by atoms with Crippen molar-refractivity contribution in [2.24, 2.45) is 0 Å². The third-order valence-corrected chi connectivity index (χ3v) is 5.64. The molecule has 0 radical (unpaired) electrons. The van der Waals surface area contributed by atoms with E-state index in [1.54, 1.807) is 6.07 Å². The number of rotatable bonds is 4. The minimum Gasteiger partial charge on any atom is -0.200 e. The number of sulfonamides is 1. The molecule has 0 spiro atoms. The van der Waals surface area contributed by atoms with Gasteiger partial charge in [-0.25, -0.2) is 0 Å². The zero-order valence-corrected chi connectivity index (χ0v) is 16.6. The zero-order chi connectivity index (χ0) is 20.7. The van der Waals surface area contributed by atoms with E-state index in [0.29, 0.717) is 10.9 Å². The molecule has 12 heteroatoms. The van der Waals surface area contributed by atoms with Gasteiger partial charge < -0.3 is 0 Å². The molecule has 1 heterocycles. The highest BCUT2D eigenvalue weighted by atomic mass is 35.5. The van der Waals surface area contributed by atoms with Gasteiger partial charge in [0.15, 0.2) is 5.69 Å². The molecule has 148 valence electrons. The standard InChI is InChI=1S/C16H9Cl3F3N3O2S/c17-9-6-11(18)15(12(19)7-9)13-8-14(16(20,21)22)23-25(13)24-28(26,27)10-4-2-1-3-5-10/h1-8,24H. The minimum atomic E-state index is -4.83. The Bertz CT molecular complexity index is 1110. The number of benzene rings is 2. The van der Waals surface area contributed by atoms with Crippen LogP contribution in [-0.4, -0.2) is 18.3 Å². The van der Waals surface area contributed by atoms with Gasteiger partial charge in [-0.05, 0) is 30.3 Å². The van der Waals surface area contributed by atoms with Gasteiger partial charge >= 0.3 is 6.18 Å². The number of nitrogens with zero attached hydrogens (tertiary/aromatic N) is 2. The minimum absolute atomic E-state index is 0.0634. The molecular formula is C16H9Cl3F3N3O2S. The highest BCUT2D eigenvalue weighted by molar-refractivity contribution is 7.92. The Labute approximate surface area is 172 Å². The van der Waals surface area contributed by atoms with Crippen molar-refractivity contribution >= 4 is 44.8 Å². The van der Waals surface area contributed by atoms with E-state index in [2.05, 4.69) is 5.10 Å². The number of aromatic nitrogens is 2. The van der Waals surface area contributed by atoms with E-state index in [4.69, 9.17) is 34.8 Å². The van der Waals surface area contributed by atoms with Gasteiger partial charge in [0.1, 0.15) is 0 Å². The number of alkyl halides is 3. The van der Waals surface area contributed by atoms with E-state index in [9.17, 15) is 21.6 Å². The highest BCUT2D eigenvalue weighted by Gasteiger charge is 2.36. The van der Waals surface area contributed by atoms with E-state index >= 15 is 0 Å². The molecule has 1 aromatic heterocycles. The molecule has 1 N–H and O–H groups in total. The summed E-state index contributed by atoms with van der Waals surface area (Å²) in [5.74, 6) is 0. The molecular weight excluding hydrogens is 462 g/mol. The SMILES string of the molecule is O=S(=O)(Nn1nc(C(F)(F)F)cc1-c1c(Cl)cc(Cl)cc1Cl)c1ccccc1. The summed E-state index contributed by atoms with van der Waals surface area (Å²) in [6.07, 6.45) is -4.83. The second-order valence-electron chi connectivity index (χ2n) is 5.48.